The maximum Gasteiger partial charge on any atom is 0.171 e. The number of benzene rings is 1. The Morgan fingerprint density at radius 1 is 1.20 bits per heavy atom. The summed E-state index contributed by atoms with van der Waals surface area (Å²) in [6.45, 7) is 4.72. The second-order valence-corrected chi connectivity index (χ2v) is 7.86. The molecular formula is C19H26N3OS2+. The number of methoxy groups -OCH3 is 1. The van der Waals surface area contributed by atoms with Crippen LogP contribution in [0.2, 0.25) is 0 Å². The monoisotopic (exact) mass is 376 g/mol. The molecule has 6 heteroatoms. The second kappa shape index (κ2) is 8.65. The molecule has 1 aliphatic rings. The van der Waals surface area contributed by atoms with E-state index in [1.165, 1.54) is 30.8 Å². The third-order valence-corrected chi connectivity index (χ3v) is 5.92. The van der Waals surface area contributed by atoms with E-state index in [1.54, 1.807) is 12.0 Å². The smallest absolute Gasteiger partial charge is 0.171 e. The van der Waals surface area contributed by atoms with Crippen molar-refractivity contribution in [1.29, 1.82) is 0 Å². The summed E-state index contributed by atoms with van der Waals surface area (Å²) in [4.78, 5) is 3.10. The lowest BCUT2D eigenvalue weighted by Gasteiger charge is -2.30. The van der Waals surface area contributed by atoms with E-state index in [0.717, 1.165) is 11.4 Å². The first-order chi connectivity index (χ1) is 12.2. The van der Waals surface area contributed by atoms with Crippen LogP contribution in [0.4, 0.5) is 5.69 Å². The molecule has 1 aliphatic heterocycles. The van der Waals surface area contributed by atoms with Crippen molar-refractivity contribution in [1.82, 2.24) is 5.32 Å². The normalized spacial score (nSPS) is 17.0. The van der Waals surface area contributed by atoms with Crippen molar-refractivity contribution in [3.63, 3.8) is 0 Å². The molecule has 4 nitrogen and oxygen atoms in total. The first-order valence-electron chi connectivity index (χ1n) is 8.77. The van der Waals surface area contributed by atoms with E-state index in [2.05, 4.69) is 35.1 Å². The highest BCUT2D eigenvalue weighted by Crippen LogP contribution is 2.21. The lowest BCUT2D eigenvalue weighted by molar-refractivity contribution is -0.920. The molecule has 2 heterocycles. The average molecular weight is 377 g/mol. The van der Waals surface area contributed by atoms with E-state index >= 15 is 0 Å². The summed E-state index contributed by atoms with van der Waals surface area (Å²) in [5, 5.41) is 9.60. The van der Waals surface area contributed by atoms with Gasteiger partial charge in [0.2, 0.25) is 0 Å². The van der Waals surface area contributed by atoms with Gasteiger partial charge in [-0.15, -0.1) is 11.3 Å². The predicted octanol–water partition coefficient (Wildman–Crippen LogP) is 2.85. The quantitative estimate of drug-likeness (QED) is 0.678. The van der Waals surface area contributed by atoms with Crippen molar-refractivity contribution in [2.45, 2.75) is 31.8 Å². The molecule has 0 saturated carbocycles. The largest absolute Gasteiger partial charge is 0.497 e. The molecule has 2 aromatic rings. The van der Waals surface area contributed by atoms with Gasteiger partial charge in [0.05, 0.1) is 31.1 Å². The van der Waals surface area contributed by atoms with Gasteiger partial charge < -0.3 is 20.3 Å². The number of nitrogens with one attached hydrogen (secondary N) is 3. The van der Waals surface area contributed by atoms with E-state index in [0.29, 0.717) is 11.2 Å². The maximum absolute atomic E-state index is 5.54. The molecule has 0 unspecified atom stereocenters. The van der Waals surface area contributed by atoms with Crippen molar-refractivity contribution in [2.75, 3.05) is 25.5 Å². The van der Waals surface area contributed by atoms with Crippen LogP contribution in [-0.4, -0.2) is 31.4 Å². The zero-order chi connectivity index (χ0) is 17.6. The molecule has 0 aliphatic carbocycles. The highest BCUT2D eigenvalue weighted by molar-refractivity contribution is 7.80. The number of thiophene rings is 1. The van der Waals surface area contributed by atoms with Crippen LogP contribution in [0.25, 0.3) is 0 Å². The standard InChI is InChI=1S/C19H25N3OS2/c1-14(18(17-6-5-13-25-17)22-11-3-4-12-22)20-19(24)21-15-7-9-16(23-2)10-8-15/h5-10,13-14,18H,3-4,11-12H2,1-2H3,(H2,20,21,24)/p+1/t14-,18-/m1/s1. The third-order valence-electron chi connectivity index (χ3n) is 4.74. The Labute approximate surface area is 159 Å². The van der Waals surface area contributed by atoms with Crippen LogP contribution >= 0.6 is 23.6 Å². The van der Waals surface area contributed by atoms with Crippen LogP contribution in [0.1, 0.15) is 30.7 Å². The van der Waals surface area contributed by atoms with Crippen LogP contribution in [0.3, 0.4) is 0 Å². The molecule has 3 rings (SSSR count). The first-order valence-corrected chi connectivity index (χ1v) is 10.1. The van der Waals surface area contributed by atoms with Crippen molar-refractivity contribution in [3.05, 3.63) is 46.7 Å². The summed E-state index contributed by atoms with van der Waals surface area (Å²) in [5.41, 5.74) is 0.965. The van der Waals surface area contributed by atoms with Gasteiger partial charge in [-0.1, -0.05) is 6.07 Å². The third kappa shape index (κ3) is 4.71. The fourth-order valence-corrected chi connectivity index (χ4v) is 4.83. The number of anilines is 1. The van der Waals surface area contributed by atoms with Gasteiger partial charge in [0.15, 0.2) is 5.11 Å². The molecule has 3 N–H and O–H groups in total. The Morgan fingerprint density at radius 3 is 2.52 bits per heavy atom. The number of hydrogen-bond donors (Lipinski definition) is 3. The summed E-state index contributed by atoms with van der Waals surface area (Å²) in [7, 11) is 1.67. The van der Waals surface area contributed by atoms with Crippen LogP contribution < -0.4 is 20.3 Å². The van der Waals surface area contributed by atoms with Gasteiger partial charge in [-0.2, -0.15) is 0 Å². The van der Waals surface area contributed by atoms with Crippen LogP contribution in [-0.2, 0) is 0 Å². The Morgan fingerprint density at radius 2 is 1.92 bits per heavy atom. The van der Waals surface area contributed by atoms with E-state index in [9.17, 15) is 0 Å². The minimum absolute atomic E-state index is 0.269. The average Bonchev–Trinajstić information content (AvgIpc) is 3.30. The summed E-state index contributed by atoms with van der Waals surface area (Å²) in [6, 6.07) is 12.9. The molecule has 1 saturated heterocycles. The topological polar surface area (TPSA) is 37.7 Å². The van der Waals surface area contributed by atoms with Gasteiger partial charge in [-0.3, -0.25) is 0 Å². The van der Waals surface area contributed by atoms with Crippen LogP contribution in [0.5, 0.6) is 5.75 Å². The fraction of sp³-hybridized carbons (Fsp3) is 0.421. The molecule has 2 atom stereocenters. The Kier molecular flexibility index (Phi) is 6.29. The summed E-state index contributed by atoms with van der Waals surface area (Å²) < 4.78 is 5.19. The van der Waals surface area contributed by atoms with Gasteiger partial charge in [0.25, 0.3) is 0 Å². The van der Waals surface area contributed by atoms with Crippen LogP contribution in [0.15, 0.2) is 41.8 Å². The molecule has 1 aromatic heterocycles. The molecule has 1 fully saturated rings. The number of hydrogen-bond acceptors (Lipinski definition) is 3. The maximum atomic E-state index is 5.54. The molecule has 0 amide bonds. The first kappa shape index (κ1) is 18.2. The fourth-order valence-electron chi connectivity index (χ4n) is 3.54. The zero-order valence-electron chi connectivity index (χ0n) is 14.7. The molecule has 1 aromatic carbocycles. The molecule has 0 spiro atoms. The lowest BCUT2D eigenvalue weighted by Crippen LogP contribution is -3.11. The van der Waals surface area contributed by atoms with E-state index in [4.69, 9.17) is 17.0 Å². The van der Waals surface area contributed by atoms with Gasteiger partial charge in [0, 0.05) is 18.5 Å². The minimum atomic E-state index is 0.269. The molecule has 134 valence electrons. The number of likely N-dealkylation sites (tertiary alicyclic amines) is 1. The molecule has 0 radical (unpaired) electrons. The Hall–Kier alpha value is -1.63. The molecule has 25 heavy (non-hydrogen) atoms. The number of thiocarbonyl (C=S) groups is 1. The van der Waals surface area contributed by atoms with Gasteiger partial charge in [0.1, 0.15) is 11.8 Å². The van der Waals surface area contributed by atoms with Gasteiger partial charge in [-0.25, -0.2) is 0 Å². The number of rotatable bonds is 6. The van der Waals surface area contributed by atoms with Gasteiger partial charge >= 0.3 is 0 Å². The van der Waals surface area contributed by atoms with E-state index in [1.807, 2.05) is 35.6 Å². The highest BCUT2D eigenvalue weighted by atomic mass is 32.1. The van der Waals surface area contributed by atoms with E-state index < -0.39 is 0 Å². The number of ether oxygens (including phenoxy) is 1. The lowest BCUT2D eigenvalue weighted by atomic mass is 10.1. The molecule has 0 bridgehead atoms. The van der Waals surface area contributed by atoms with Crippen molar-refractivity contribution in [3.8, 4) is 5.75 Å². The number of quaternary nitrogens is 1. The predicted molar refractivity (Wildman–Crippen MR) is 109 cm³/mol. The SMILES string of the molecule is COc1ccc(NC(=S)N[C@H](C)[C@H](c2cccs2)[NH+]2CCCC2)cc1. The minimum Gasteiger partial charge on any atom is -0.497 e. The summed E-state index contributed by atoms with van der Waals surface area (Å²) in [5.74, 6) is 0.841. The second-order valence-electron chi connectivity index (χ2n) is 6.47. The van der Waals surface area contributed by atoms with Crippen molar-refractivity contribution < 1.29 is 9.64 Å². The van der Waals surface area contributed by atoms with Crippen molar-refractivity contribution in [2.24, 2.45) is 0 Å². The van der Waals surface area contributed by atoms with Crippen LogP contribution in [0, 0.1) is 0 Å². The van der Waals surface area contributed by atoms with Gasteiger partial charge in [-0.05, 0) is 54.9 Å². The highest BCUT2D eigenvalue weighted by Gasteiger charge is 2.33. The zero-order valence-corrected chi connectivity index (χ0v) is 16.4. The van der Waals surface area contributed by atoms with E-state index in [-0.39, 0.29) is 6.04 Å². The van der Waals surface area contributed by atoms with Crippen molar-refractivity contribution >= 4 is 34.4 Å². The summed E-state index contributed by atoms with van der Waals surface area (Å²) >= 11 is 7.38. The Balaban J connectivity index is 1.63. The Bertz CT molecular complexity index is 666. The molecular weight excluding hydrogens is 350 g/mol. The summed E-state index contributed by atoms with van der Waals surface area (Å²) in [6.07, 6.45) is 2.64.